The van der Waals surface area contributed by atoms with Gasteiger partial charge in [-0.2, -0.15) is 0 Å². The monoisotopic (exact) mass is 514 g/mol. The van der Waals surface area contributed by atoms with Gasteiger partial charge in [0.2, 0.25) is 0 Å². The van der Waals surface area contributed by atoms with Crippen LogP contribution in [0.5, 0.6) is 11.5 Å². The number of nitrogens with zero attached hydrogens (tertiary/aromatic N) is 2. The molecule has 3 aromatic rings. The van der Waals surface area contributed by atoms with Crippen molar-refractivity contribution >= 4 is 28.8 Å². The summed E-state index contributed by atoms with van der Waals surface area (Å²) in [6, 6.07) is 20.7. The molecule has 0 saturated carbocycles. The Morgan fingerprint density at radius 2 is 1.66 bits per heavy atom. The van der Waals surface area contributed by atoms with Gasteiger partial charge in [-0.3, -0.25) is 14.5 Å². The average molecular weight is 515 g/mol. The summed E-state index contributed by atoms with van der Waals surface area (Å²) in [7, 11) is 3.86. The van der Waals surface area contributed by atoms with E-state index >= 15 is 0 Å². The average Bonchev–Trinajstić information content (AvgIpc) is 3.17. The molecule has 0 bridgehead atoms. The molecule has 1 atom stereocenters. The zero-order valence-electron chi connectivity index (χ0n) is 22.5. The third-order valence-corrected chi connectivity index (χ3v) is 6.23. The first-order valence-electron chi connectivity index (χ1n) is 12.8. The number of hydrogen-bond donors (Lipinski definition) is 1. The zero-order valence-corrected chi connectivity index (χ0v) is 22.5. The summed E-state index contributed by atoms with van der Waals surface area (Å²) in [5.74, 6) is -0.403. The minimum Gasteiger partial charge on any atom is -0.507 e. The number of benzene rings is 3. The number of ether oxygens (including phenoxy) is 2. The highest BCUT2D eigenvalue weighted by Gasteiger charge is 2.47. The largest absolute Gasteiger partial charge is 0.507 e. The Kier molecular flexibility index (Phi) is 8.05. The fraction of sp³-hybridized carbons (Fsp3) is 0.290. The number of carbonyl (C=O) groups is 2. The first kappa shape index (κ1) is 26.8. The molecule has 1 aliphatic rings. The number of carbonyl (C=O) groups excluding carboxylic acids is 2. The Balaban J connectivity index is 1.85. The second kappa shape index (κ2) is 11.4. The van der Waals surface area contributed by atoms with Crippen LogP contribution in [0.25, 0.3) is 5.76 Å². The van der Waals surface area contributed by atoms with Crippen LogP contribution in [-0.2, 0) is 9.59 Å². The Morgan fingerprint density at radius 1 is 0.974 bits per heavy atom. The van der Waals surface area contributed by atoms with Crippen molar-refractivity contribution < 1.29 is 24.2 Å². The van der Waals surface area contributed by atoms with E-state index in [1.54, 1.807) is 24.3 Å². The Hall–Kier alpha value is -4.26. The van der Waals surface area contributed by atoms with Crippen molar-refractivity contribution in [3.05, 3.63) is 89.5 Å². The highest BCUT2D eigenvalue weighted by Crippen LogP contribution is 2.43. The summed E-state index contributed by atoms with van der Waals surface area (Å²) < 4.78 is 11.5. The number of amides is 1. The smallest absolute Gasteiger partial charge is 0.300 e. The van der Waals surface area contributed by atoms with Gasteiger partial charge in [0.05, 0.1) is 24.3 Å². The first-order chi connectivity index (χ1) is 18.2. The number of aliphatic hydroxyl groups excluding tert-OH is 1. The molecule has 1 saturated heterocycles. The van der Waals surface area contributed by atoms with E-state index in [4.69, 9.17) is 9.47 Å². The number of hydrogen-bond acceptors (Lipinski definition) is 6. The predicted octanol–water partition coefficient (Wildman–Crippen LogP) is 5.95. The lowest BCUT2D eigenvalue weighted by Gasteiger charge is -2.26. The molecule has 1 heterocycles. The van der Waals surface area contributed by atoms with E-state index in [9.17, 15) is 14.7 Å². The molecule has 0 spiro atoms. The second-order valence-electron chi connectivity index (χ2n) is 9.69. The zero-order chi connectivity index (χ0) is 27.4. The molecule has 1 unspecified atom stereocenters. The SMILES string of the molecule is CCCOc1ccc(/C(O)=C2/C(=O)C(=O)N(c3ccc(N(C)C)cc3)C2c2cccc(OC(C)C)c2)cc1. The van der Waals surface area contributed by atoms with Gasteiger partial charge in [-0.15, -0.1) is 0 Å². The summed E-state index contributed by atoms with van der Waals surface area (Å²) in [6.07, 6.45) is 0.823. The number of ketones is 1. The van der Waals surface area contributed by atoms with E-state index in [2.05, 4.69) is 0 Å². The molecule has 38 heavy (non-hydrogen) atoms. The molecule has 1 fully saturated rings. The number of Topliss-reactive ketones (excluding diaryl/α,β-unsaturated/α-hetero) is 1. The van der Waals surface area contributed by atoms with Crippen molar-refractivity contribution in [3.8, 4) is 11.5 Å². The van der Waals surface area contributed by atoms with Crippen LogP contribution >= 0.6 is 0 Å². The van der Waals surface area contributed by atoms with E-state index in [1.807, 2.05) is 88.3 Å². The normalized spacial score (nSPS) is 16.7. The van der Waals surface area contributed by atoms with Crippen molar-refractivity contribution in [3.63, 3.8) is 0 Å². The summed E-state index contributed by atoms with van der Waals surface area (Å²) in [5.41, 5.74) is 2.62. The van der Waals surface area contributed by atoms with Gasteiger partial charge >= 0.3 is 0 Å². The Labute approximate surface area is 223 Å². The van der Waals surface area contributed by atoms with Crippen molar-refractivity contribution in [1.29, 1.82) is 0 Å². The number of rotatable bonds is 9. The van der Waals surface area contributed by atoms with Gasteiger partial charge in [-0.1, -0.05) is 19.1 Å². The lowest BCUT2D eigenvalue weighted by atomic mass is 9.95. The fourth-order valence-electron chi connectivity index (χ4n) is 4.44. The van der Waals surface area contributed by atoms with Gasteiger partial charge in [-0.05, 0) is 86.5 Å². The second-order valence-corrected chi connectivity index (χ2v) is 9.69. The van der Waals surface area contributed by atoms with Crippen LogP contribution in [-0.4, -0.2) is 43.6 Å². The molecule has 7 heteroatoms. The first-order valence-corrected chi connectivity index (χ1v) is 12.8. The maximum atomic E-state index is 13.5. The molecular formula is C31H34N2O5. The van der Waals surface area contributed by atoms with Crippen LogP contribution in [0, 0.1) is 0 Å². The van der Waals surface area contributed by atoms with Gasteiger partial charge < -0.3 is 19.5 Å². The standard InChI is InChI=1S/C31H34N2O5/c1-6-18-37-25-16-10-21(11-17-25)29(34)27-28(22-8-7-9-26(19-22)38-20(2)3)33(31(36)30(27)35)24-14-12-23(13-15-24)32(4)5/h7-17,19-20,28,34H,6,18H2,1-5H3/b29-27-. The minimum atomic E-state index is -0.841. The highest BCUT2D eigenvalue weighted by molar-refractivity contribution is 6.51. The summed E-state index contributed by atoms with van der Waals surface area (Å²) in [5, 5.41) is 11.4. The maximum Gasteiger partial charge on any atom is 0.300 e. The van der Waals surface area contributed by atoms with E-state index in [-0.39, 0.29) is 17.4 Å². The molecule has 1 amide bonds. The summed E-state index contributed by atoms with van der Waals surface area (Å²) >= 11 is 0. The molecule has 0 aromatic heterocycles. The van der Waals surface area contributed by atoms with Crippen molar-refractivity contribution in [2.24, 2.45) is 0 Å². The number of aliphatic hydroxyl groups is 1. The molecule has 0 radical (unpaired) electrons. The lowest BCUT2D eigenvalue weighted by molar-refractivity contribution is -0.132. The van der Waals surface area contributed by atoms with Gasteiger partial charge in [0.15, 0.2) is 0 Å². The summed E-state index contributed by atoms with van der Waals surface area (Å²) in [4.78, 5) is 30.3. The van der Waals surface area contributed by atoms with Gasteiger partial charge in [0.25, 0.3) is 11.7 Å². The quantitative estimate of drug-likeness (QED) is 0.216. The van der Waals surface area contributed by atoms with Crippen LogP contribution in [0.3, 0.4) is 0 Å². The fourth-order valence-corrected chi connectivity index (χ4v) is 4.44. The van der Waals surface area contributed by atoms with Crippen molar-refractivity contribution in [1.82, 2.24) is 0 Å². The third kappa shape index (κ3) is 5.52. The molecule has 4 rings (SSSR count). The van der Waals surface area contributed by atoms with E-state index in [1.165, 1.54) is 4.90 Å². The van der Waals surface area contributed by atoms with Gasteiger partial charge in [0.1, 0.15) is 17.3 Å². The van der Waals surface area contributed by atoms with E-state index in [0.717, 1.165) is 12.1 Å². The van der Waals surface area contributed by atoms with E-state index in [0.29, 0.717) is 34.9 Å². The molecule has 7 nitrogen and oxygen atoms in total. The van der Waals surface area contributed by atoms with Gasteiger partial charge in [-0.25, -0.2) is 0 Å². The van der Waals surface area contributed by atoms with E-state index < -0.39 is 17.7 Å². The van der Waals surface area contributed by atoms with Gasteiger partial charge in [0, 0.05) is 31.0 Å². The van der Waals surface area contributed by atoms with Crippen LogP contribution in [0.2, 0.25) is 0 Å². The van der Waals surface area contributed by atoms with Crippen molar-refractivity contribution in [2.75, 3.05) is 30.5 Å². The lowest BCUT2D eigenvalue weighted by Crippen LogP contribution is -2.29. The maximum absolute atomic E-state index is 13.5. The molecule has 1 N–H and O–H groups in total. The van der Waals surface area contributed by atoms with Crippen LogP contribution in [0.15, 0.2) is 78.4 Å². The van der Waals surface area contributed by atoms with Crippen LogP contribution < -0.4 is 19.3 Å². The molecule has 0 aliphatic carbocycles. The minimum absolute atomic E-state index is 0.0237. The summed E-state index contributed by atoms with van der Waals surface area (Å²) in [6.45, 7) is 6.46. The van der Waals surface area contributed by atoms with Crippen LogP contribution in [0.1, 0.15) is 44.4 Å². The molecule has 198 valence electrons. The topological polar surface area (TPSA) is 79.3 Å². The predicted molar refractivity (Wildman–Crippen MR) is 150 cm³/mol. The molecule has 1 aliphatic heterocycles. The van der Waals surface area contributed by atoms with Crippen molar-refractivity contribution in [2.45, 2.75) is 39.3 Å². The highest BCUT2D eigenvalue weighted by atomic mass is 16.5. The third-order valence-electron chi connectivity index (χ3n) is 6.23. The molecule has 3 aromatic carbocycles. The molecular weight excluding hydrogens is 480 g/mol. The van der Waals surface area contributed by atoms with Crippen LogP contribution in [0.4, 0.5) is 11.4 Å². The Morgan fingerprint density at radius 3 is 2.26 bits per heavy atom. The Bertz CT molecular complexity index is 1330. The number of anilines is 2.